The largest absolute Gasteiger partial charge is 0.346 e. The van der Waals surface area contributed by atoms with Crippen LogP contribution in [0.4, 0.5) is 4.79 Å². The smallest absolute Gasteiger partial charge is 0.315 e. The molecule has 14 heteroatoms. The zero-order valence-corrected chi connectivity index (χ0v) is 32.4. The SMILES string of the molecule is C#CCCC(NC(=O)[C@@H]1[C@@H]2[C@H](CN1C(=O)[C@@H](NC(=O)N[C@H](CN1Cc3ccccc3S1(=O)=O)C(C)(C)C)C(C)(C)C)C2(C)C)C(=O)C(=O)NCC=C. The zero-order valence-electron chi connectivity index (χ0n) is 31.5. The van der Waals surface area contributed by atoms with Gasteiger partial charge < -0.3 is 26.2 Å². The van der Waals surface area contributed by atoms with Gasteiger partial charge in [-0.3, -0.25) is 19.2 Å². The zero-order chi connectivity index (χ0) is 39.0. The van der Waals surface area contributed by atoms with Crippen molar-refractivity contribution in [2.24, 2.45) is 28.1 Å². The van der Waals surface area contributed by atoms with E-state index in [9.17, 15) is 32.4 Å². The van der Waals surface area contributed by atoms with Crippen molar-refractivity contribution in [3.63, 3.8) is 0 Å². The van der Waals surface area contributed by atoms with Crippen molar-refractivity contribution in [2.45, 2.75) is 104 Å². The number of piperidine rings is 1. The molecule has 52 heavy (non-hydrogen) atoms. The molecule has 13 nitrogen and oxygen atoms in total. The summed E-state index contributed by atoms with van der Waals surface area (Å²) in [6.07, 6.45) is 7.04. The second kappa shape index (κ2) is 15.0. The number of urea groups is 1. The summed E-state index contributed by atoms with van der Waals surface area (Å²) in [5, 5.41) is 11.0. The second-order valence-corrected chi connectivity index (χ2v) is 18.7. The van der Waals surface area contributed by atoms with Gasteiger partial charge in [-0.2, -0.15) is 4.31 Å². The highest BCUT2D eigenvalue weighted by Crippen LogP contribution is 2.65. The second-order valence-electron chi connectivity index (χ2n) is 16.8. The van der Waals surface area contributed by atoms with Crippen molar-refractivity contribution in [3.05, 3.63) is 42.5 Å². The Morgan fingerprint density at radius 1 is 1.04 bits per heavy atom. The van der Waals surface area contributed by atoms with E-state index in [2.05, 4.69) is 33.8 Å². The van der Waals surface area contributed by atoms with Crippen LogP contribution in [0.25, 0.3) is 0 Å². The summed E-state index contributed by atoms with van der Waals surface area (Å²) >= 11 is 0. The molecule has 0 bridgehead atoms. The molecule has 5 amide bonds. The molecule has 0 radical (unpaired) electrons. The van der Waals surface area contributed by atoms with Crippen molar-refractivity contribution in [3.8, 4) is 12.3 Å². The van der Waals surface area contributed by atoms with Crippen LogP contribution in [-0.4, -0.2) is 91.0 Å². The third kappa shape index (κ3) is 8.36. The number of hydrogen-bond donors (Lipinski definition) is 4. The van der Waals surface area contributed by atoms with Crippen LogP contribution in [0.5, 0.6) is 0 Å². The predicted octanol–water partition coefficient (Wildman–Crippen LogP) is 2.57. The van der Waals surface area contributed by atoms with Gasteiger partial charge in [0, 0.05) is 38.6 Å². The molecule has 2 aliphatic heterocycles. The summed E-state index contributed by atoms with van der Waals surface area (Å²) in [5.74, 6) is -0.527. The van der Waals surface area contributed by atoms with Crippen LogP contribution < -0.4 is 21.3 Å². The molecule has 0 spiro atoms. The van der Waals surface area contributed by atoms with Crippen molar-refractivity contribution in [1.82, 2.24) is 30.5 Å². The quantitative estimate of drug-likeness (QED) is 0.137. The highest BCUT2D eigenvalue weighted by atomic mass is 32.2. The van der Waals surface area contributed by atoms with E-state index in [1.807, 2.05) is 34.6 Å². The van der Waals surface area contributed by atoms with E-state index in [0.29, 0.717) is 5.56 Å². The first-order valence-corrected chi connectivity index (χ1v) is 19.1. The fraction of sp³-hybridized carbons (Fsp3) is 0.605. The number of terminal acetylenes is 1. The normalized spacial score (nSPS) is 23.1. The van der Waals surface area contributed by atoms with Crippen LogP contribution in [0.3, 0.4) is 0 Å². The Morgan fingerprint density at radius 2 is 1.69 bits per heavy atom. The minimum atomic E-state index is -3.76. The van der Waals surface area contributed by atoms with Crippen molar-refractivity contribution < 1.29 is 32.4 Å². The summed E-state index contributed by atoms with van der Waals surface area (Å²) in [4.78, 5) is 69.5. The maximum absolute atomic E-state index is 14.5. The number of nitrogens with one attached hydrogen (secondary N) is 4. The van der Waals surface area contributed by atoms with E-state index in [-0.39, 0.29) is 61.2 Å². The monoisotopic (exact) mass is 738 g/mol. The Morgan fingerprint density at radius 3 is 2.27 bits per heavy atom. The van der Waals surface area contributed by atoms with E-state index in [1.165, 1.54) is 15.3 Å². The molecular weight excluding hydrogens is 685 g/mol. The number of likely N-dealkylation sites (tertiary alicyclic amines) is 1. The summed E-state index contributed by atoms with van der Waals surface area (Å²) in [7, 11) is -3.76. The molecule has 284 valence electrons. The van der Waals surface area contributed by atoms with Gasteiger partial charge in [0.2, 0.25) is 27.6 Å². The first-order chi connectivity index (χ1) is 24.1. The molecule has 1 aromatic carbocycles. The predicted molar refractivity (Wildman–Crippen MR) is 197 cm³/mol. The van der Waals surface area contributed by atoms with Crippen LogP contribution in [0.15, 0.2) is 41.8 Å². The number of Topliss-reactive ketones (excluding diaryl/α,β-unsaturated/α-hetero) is 1. The summed E-state index contributed by atoms with van der Waals surface area (Å²) < 4.78 is 28.0. The van der Waals surface area contributed by atoms with Gasteiger partial charge in [-0.15, -0.1) is 18.9 Å². The van der Waals surface area contributed by atoms with Crippen LogP contribution in [0.2, 0.25) is 0 Å². The van der Waals surface area contributed by atoms with Gasteiger partial charge in [0.25, 0.3) is 5.91 Å². The third-order valence-corrected chi connectivity index (χ3v) is 12.6. The Labute approximate surface area is 308 Å². The first-order valence-electron chi connectivity index (χ1n) is 17.7. The number of benzene rings is 1. The summed E-state index contributed by atoms with van der Waals surface area (Å²) in [6, 6.07) is 2.29. The van der Waals surface area contributed by atoms with Gasteiger partial charge in [-0.05, 0) is 46.1 Å². The molecule has 4 N–H and O–H groups in total. The molecule has 2 heterocycles. The van der Waals surface area contributed by atoms with Gasteiger partial charge in [-0.1, -0.05) is 79.7 Å². The Balaban J connectivity index is 1.53. The standard InChI is InChI=1S/C38H54N6O7S/c1-11-13-17-25(30(45)33(47)39-19-12-2)40-32(46)29-28-24(38(28,9)10)21-44(29)34(48)31(37(6,7)8)42-35(49)41-27(36(3,4)5)22-43-20-23-16-14-15-18-26(23)52(43,50)51/h1,12,14-16,18,24-25,27-29,31H,2,13,17,19-22H2,3-10H3,(H,39,47)(H,40,46)(H2,41,42,49)/t24-,25?,27+,28-,29-,31+/m0/s1. The molecule has 6 atom stereocenters. The number of rotatable bonds is 13. The molecule has 4 rings (SSSR count). The lowest BCUT2D eigenvalue weighted by Gasteiger charge is -2.39. The topological polar surface area (TPSA) is 174 Å². The van der Waals surface area contributed by atoms with E-state index in [1.54, 1.807) is 45.0 Å². The van der Waals surface area contributed by atoms with Crippen LogP contribution in [0, 0.1) is 40.4 Å². The highest BCUT2D eigenvalue weighted by molar-refractivity contribution is 7.89. The molecule has 1 saturated carbocycles. The number of sulfonamides is 1. The van der Waals surface area contributed by atoms with Crippen molar-refractivity contribution in [2.75, 3.05) is 19.6 Å². The summed E-state index contributed by atoms with van der Waals surface area (Å²) in [5.41, 5.74) is -0.936. The number of amides is 5. The fourth-order valence-electron chi connectivity index (χ4n) is 7.33. The lowest BCUT2D eigenvalue weighted by Crippen LogP contribution is -2.62. The Kier molecular flexibility index (Phi) is 11.7. The number of hydrogen-bond acceptors (Lipinski definition) is 7. The van der Waals surface area contributed by atoms with Crippen molar-refractivity contribution >= 4 is 39.6 Å². The first kappa shape index (κ1) is 40.5. The lowest BCUT2D eigenvalue weighted by atomic mass is 9.85. The van der Waals surface area contributed by atoms with Gasteiger partial charge in [0.1, 0.15) is 12.1 Å². The molecule has 0 aromatic heterocycles. The third-order valence-electron chi connectivity index (χ3n) is 10.7. The molecule has 1 unspecified atom stereocenters. The average Bonchev–Trinajstić information content (AvgIpc) is 3.31. The molecule has 3 aliphatic rings. The molecular formula is C38H54N6O7S. The van der Waals surface area contributed by atoms with Gasteiger partial charge in [0.15, 0.2) is 0 Å². The van der Waals surface area contributed by atoms with E-state index in [0.717, 1.165) is 0 Å². The lowest BCUT2D eigenvalue weighted by molar-refractivity contribution is -0.145. The van der Waals surface area contributed by atoms with Gasteiger partial charge >= 0.3 is 6.03 Å². The Bertz CT molecular complexity index is 1750. The van der Waals surface area contributed by atoms with Crippen LogP contribution in [-0.2, 0) is 35.7 Å². The van der Waals surface area contributed by atoms with E-state index >= 15 is 0 Å². The number of carbonyl (C=O) groups is 5. The Hall–Kier alpha value is -4.22. The fourth-order valence-corrected chi connectivity index (χ4v) is 8.97. The maximum atomic E-state index is 14.5. The number of ketones is 1. The number of carbonyl (C=O) groups excluding carboxylic acids is 5. The van der Waals surface area contributed by atoms with Gasteiger partial charge in [0.05, 0.1) is 10.9 Å². The minimum absolute atomic E-state index is 0.00852. The summed E-state index contributed by atoms with van der Waals surface area (Å²) in [6.45, 7) is 19.2. The van der Waals surface area contributed by atoms with E-state index in [4.69, 9.17) is 6.42 Å². The molecule has 1 aliphatic carbocycles. The highest BCUT2D eigenvalue weighted by Gasteiger charge is 2.70. The number of nitrogens with zero attached hydrogens (tertiary/aromatic N) is 2. The molecule has 2 fully saturated rings. The van der Waals surface area contributed by atoms with Crippen LogP contribution >= 0.6 is 0 Å². The van der Waals surface area contributed by atoms with E-state index < -0.39 is 74.6 Å². The van der Waals surface area contributed by atoms with Crippen molar-refractivity contribution in [1.29, 1.82) is 0 Å². The van der Waals surface area contributed by atoms with Gasteiger partial charge in [-0.25, -0.2) is 13.2 Å². The molecule has 1 aromatic rings. The van der Waals surface area contributed by atoms with Crippen LogP contribution in [0.1, 0.15) is 73.8 Å². The maximum Gasteiger partial charge on any atom is 0.315 e. The number of fused-ring (bicyclic) bond motifs is 2. The average molecular weight is 739 g/mol. The molecule has 1 saturated heterocycles. The minimum Gasteiger partial charge on any atom is -0.346 e.